The quantitative estimate of drug-likeness (QED) is 0.633. The topological polar surface area (TPSA) is 29.5 Å². The Morgan fingerprint density at radius 3 is 1.85 bits per heavy atom. The van der Waals surface area contributed by atoms with Gasteiger partial charge >= 0.3 is 0 Å². The van der Waals surface area contributed by atoms with E-state index in [9.17, 15) is 4.79 Å². The number of benzene rings is 3. The van der Waals surface area contributed by atoms with E-state index in [-0.39, 0.29) is 11.9 Å². The lowest BCUT2D eigenvalue weighted by molar-refractivity contribution is 0.0713. The van der Waals surface area contributed by atoms with Gasteiger partial charge in [0.15, 0.2) is 0 Å². The molecule has 3 aromatic carbocycles. The molecule has 26 heavy (non-hydrogen) atoms. The Labute approximate surface area is 154 Å². The largest absolute Gasteiger partial charge is 0.496 e. The van der Waals surface area contributed by atoms with Gasteiger partial charge in [0.1, 0.15) is 5.75 Å². The lowest BCUT2D eigenvalue weighted by Crippen LogP contribution is -2.35. The summed E-state index contributed by atoms with van der Waals surface area (Å²) in [7, 11) is 1.59. The summed E-state index contributed by atoms with van der Waals surface area (Å²) >= 11 is 0. The van der Waals surface area contributed by atoms with Crippen LogP contribution in [0.25, 0.3) is 0 Å². The van der Waals surface area contributed by atoms with Crippen LogP contribution in [0.15, 0.2) is 84.9 Å². The van der Waals surface area contributed by atoms with Crippen molar-refractivity contribution in [2.45, 2.75) is 13.0 Å². The number of carbonyl (C=O) groups is 1. The first kappa shape index (κ1) is 17.7. The van der Waals surface area contributed by atoms with Crippen LogP contribution in [0.2, 0.25) is 0 Å². The van der Waals surface area contributed by atoms with Crippen molar-refractivity contribution in [2.75, 3.05) is 13.7 Å². The maximum Gasteiger partial charge on any atom is 0.258 e. The molecule has 0 spiro atoms. The molecule has 0 N–H and O–H groups in total. The zero-order valence-electron chi connectivity index (χ0n) is 15.1. The Bertz CT molecular complexity index is 807. The molecule has 0 fully saturated rings. The molecule has 3 heteroatoms. The zero-order chi connectivity index (χ0) is 18.4. The predicted octanol–water partition coefficient (Wildman–Crippen LogP) is 4.95. The van der Waals surface area contributed by atoms with E-state index in [1.54, 1.807) is 7.11 Å². The Morgan fingerprint density at radius 2 is 1.35 bits per heavy atom. The number of nitrogens with zero attached hydrogens (tertiary/aromatic N) is 1. The molecule has 3 nitrogen and oxygen atoms in total. The van der Waals surface area contributed by atoms with E-state index >= 15 is 0 Å². The standard InChI is InChI=1S/C23H23NO2/c1-3-24(23(25)20-16-10-11-17-21(20)26-2)22(18-12-6-4-7-13-18)19-14-8-5-9-15-19/h4-17,22H,3H2,1-2H3. The fourth-order valence-electron chi connectivity index (χ4n) is 3.24. The number of carbonyl (C=O) groups excluding carboxylic acids is 1. The molecule has 0 saturated heterocycles. The number of hydrogen-bond acceptors (Lipinski definition) is 2. The minimum atomic E-state index is -0.153. The van der Waals surface area contributed by atoms with Gasteiger partial charge in [0, 0.05) is 6.54 Å². The van der Waals surface area contributed by atoms with Crippen molar-refractivity contribution >= 4 is 5.91 Å². The van der Waals surface area contributed by atoms with Crippen LogP contribution in [0.3, 0.4) is 0 Å². The summed E-state index contributed by atoms with van der Waals surface area (Å²) < 4.78 is 5.40. The van der Waals surface area contributed by atoms with Crippen LogP contribution in [0.1, 0.15) is 34.5 Å². The summed E-state index contributed by atoms with van der Waals surface area (Å²) in [5.74, 6) is 0.554. The van der Waals surface area contributed by atoms with Crippen molar-refractivity contribution in [1.29, 1.82) is 0 Å². The number of methoxy groups -OCH3 is 1. The van der Waals surface area contributed by atoms with Crippen molar-refractivity contribution in [3.05, 3.63) is 102 Å². The predicted molar refractivity (Wildman–Crippen MR) is 104 cm³/mol. The van der Waals surface area contributed by atoms with Crippen molar-refractivity contribution in [2.24, 2.45) is 0 Å². The molecule has 3 aromatic rings. The Kier molecular flexibility index (Phi) is 5.69. The third-order valence-corrected chi connectivity index (χ3v) is 4.48. The number of para-hydroxylation sites is 1. The molecular weight excluding hydrogens is 322 g/mol. The van der Waals surface area contributed by atoms with Crippen molar-refractivity contribution < 1.29 is 9.53 Å². The van der Waals surface area contributed by atoms with Crippen LogP contribution < -0.4 is 4.74 Å². The van der Waals surface area contributed by atoms with Gasteiger partial charge < -0.3 is 9.64 Å². The summed E-state index contributed by atoms with van der Waals surface area (Å²) in [6.45, 7) is 2.59. The van der Waals surface area contributed by atoms with E-state index in [2.05, 4.69) is 24.3 Å². The van der Waals surface area contributed by atoms with Crippen LogP contribution in [0.5, 0.6) is 5.75 Å². The van der Waals surface area contributed by atoms with E-state index in [1.807, 2.05) is 72.5 Å². The fourth-order valence-corrected chi connectivity index (χ4v) is 3.24. The van der Waals surface area contributed by atoms with Crippen LogP contribution in [0, 0.1) is 0 Å². The van der Waals surface area contributed by atoms with Crippen molar-refractivity contribution in [1.82, 2.24) is 4.90 Å². The zero-order valence-corrected chi connectivity index (χ0v) is 15.1. The molecule has 0 aliphatic carbocycles. The SMILES string of the molecule is CCN(C(=O)c1ccccc1OC)C(c1ccccc1)c1ccccc1. The number of rotatable bonds is 6. The summed E-state index contributed by atoms with van der Waals surface area (Å²) in [6.07, 6.45) is 0. The van der Waals surface area contributed by atoms with Crippen molar-refractivity contribution in [3.8, 4) is 5.75 Å². The molecule has 0 radical (unpaired) electrons. The van der Waals surface area contributed by atoms with Gasteiger partial charge in [-0.25, -0.2) is 0 Å². The van der Waals surface area contributed by atoms with Crippen LogP contribution in [0.4, 0.5) is 0 Å². The molecule has 1 amide bonds. The smallest absolute Gasteiger partial charge is 0.258 e. The fraction of sp³-hybridized carbons (Fsp3) is 0.174. The highest BCUT2D eigenvalue weighted by atomic mass is 16.5. The van der Waals surface area contributed by atoms with E-state index in [4.69, 9.17) is 4.74 Å². The first-order chi connectivity index (χ1) is 12.8. The molecule has 0 bridgehead atoms. The second kappa shape index (κ2) is 8.34. The lowest BCUT2D eigenvalue weighted by atomic mass is 9.96. The highest BCUT2D eigenvalue weighted by molar-refractivity contribution is 5.97. The highest BCUT2D eigenvalue weighted by Crippen LogP contribution is 2.31. The molecule has 0 heterocycles. The number of amides is 1. The summed E-state index contributed by atoms with van der Waals surface area (Å²) in [6, 6.07) is 27.5. The summed E-state index contributed by atoms with van der Waals surface area (Å²) in [5.41, 5.74) is 2.75. The van der Waals surface area contributed by atoms with Crippen LogP contribution in [-0.2, 0) is 0 Å². The van der Waals surface area contributed by atoms with Gasteiger partial charge in [-0.15, -0.1) is 0 Å². The normalized spacial score (nSPS) is 10.6. The third kappa shape index (κ3) is 3.62. The Hall–Kier alpha value is -3.07. The first-order valence-electron chi connectivity index (χ1n) is 8.80. The van der Waals surface area contributed by atoms with Gasteiger partial charge in [0.2, 0.25) is 0 Å². The monoisotopic (exact) mass is 345 g/mol. The molecule has 0 saturated carbocycles. The molecule has 0 unspecified atom stereocenters. The first-order valence-corrected chi connectivity index (χ1v) is 8.80. The molecule has 0 aromatic heterocycles. The van der Waals surface area contributed by atoms with E-state index in [0.717, 1.165) is 11.1 Å². The van der Waals surface area contributed by atoms with Gasteiger partial charge in [-0.3, -0.25) is 4.79 Å². The summed E-state index contributed by atoms with van der Waals surface area (Å²) in [4.78, 5) is 15.3. The van der Waals surface area contributed by atoms with E-state index in [1.165, 1.54) is 0 Å². The Balaban J connectivity index is 2.08. The molecule has 0 aliphatic heterocycles. The van der Waals surface area contributed by atoms with Crippen LogP contribution in [-0.4, -0.2) is 24.5 Å². The highest BCUT2D eigenvalue weighted by Gasteiger charge is 2.27. The molecule has 0 atom stereocenters. The maximum atomic E-state index is 13.4. The minimum Gasteiger partial charge on any atom is -0.496 e. The average molecular weight is 345 g/mol. The average Bonchev–Trinajstić information content (AvgIpc) is 2.72. The lowest BCUT2D eigenvalue weighted by Gasteiger charge is -2.32. The van der Waals surface area contributed by atoms with E-state index in [0.29, 0.717) is 17.9 Å². The van der Waals surface area contributed by atoms with Gasteiger partial charge in [-0.05, 0) is 30.2 Å². The second-order valence-electron chi connectivity index (χ2n) is 6.02. The van der Waals surface area contributed by atoms with Gasteiger partial charge in [0.25, 0.3) is 5.91 Å². The maximum absolute atomic E-state index is 13.4. The van der Waals surface area contributed by atoms with E-state index < -0.39 is 0 Å². The van der Waals surface area contributed by atoms with Gasteiger partial charge in [-0.1, -0.05) is 72.8 Å². The molecule has 0 aliphatic rings. The number of hydrogen-bond donors (Lipinski definition) is 0. The Morgan fingerprint density at radius 1 is 0.846 bits per heavy atom. The summed E-state index contributed by atoms with van der Waals surface area (Å²) in [5, 5.41) is 0. The van der Waals surface area contributed by atoms with Gasteiger partial charge in [0.05, 0.1) is 18.7 Å². The number of ether oxygens (including phenoxy) is 1. The molecule has 3 rings (SSSR count). The van der Waals surface area contributed by atoms with Gasteiger partial charge in [-0.2, -0.15) is 0 Å². The van der Waals surface area contributed by atoms with Crippen LogP contribution >= 0.6 is 0 Å². The second-order valence-corrected chi connectivity index (χ2v) is 6.02. The van der Waals surface area contributed by atoms with Crippen molar-refractivity contribution in [3.63, 3.8) is 0 Å². The molecule has 132 valence electrons. The third-order valence-electron chi connectivity index (χ3n) is 4.48. The molecular formula is C23H23NO2. The minimum absolute atomic E-state index is 0.0392.